The standard InChI is InChI=1S/C18H29NO4/c1-6-22-11-12-23-14(2)17(20)19-13-18(3,4)15-9-7-8-10-16(15)21-5/h7-10,14H,6,11-13H2,1-5H3,(H,19,20). The van der Waals surface area contributed by atoms with Crippen LogP contribution in [0.5, 0.6) is 5.75 Å². The van der Waals surface area contributed by atoms with Crippen molar-refractivity contribution in [1.29, 1.82) is 0 Å². The van der Waals surface area contributed by atoms with E-state index in [9.17, 15) is 4.79 Å². The number of ether oxygens (including phenoxy) is 3. The van der Waals surface area contributed by atoms with Crippen molar-refractivity contribution < 1.29 is 19.0 Å². The van der Waals surface area contributed by atoms with Gasteiger partial charge in [0.05, 0.1) is 20.3 Å². The molecule has 0 saturated carbocycles. The van der Waals surface area contributed by atoms with Gasteiger partial charge in [0.1, 0.15) is 11.9 Å². The first-order chi connectivity index (χ1) is 10.9. The Morgan fingerprint density at radius 1 is 1.26 bits per heavy atom. The molecule has 1 amide bonds. The fraction of sp³-hybridized carbons (Fsp3) is 0.611. The highest BCUT2D eigenvalue weighted by molar-refractivity contribution is 5.80. The molecule has 130 valence electrons. The van der Waals surface area contributed by atoms with Crippen LogP contribution in [0, 0.1) is 0 Å². The fourth-order valence-corrected chi connectivity index (χ4v) is 2.25. The van der Waals surface area contributed by atoms with Gasteiger partial charge < -0.3 is 19.5 Å². The molecule has 0 saturated heterocycles. The molecular formula is C18H29NO4. The number of benzene rings is 1. The molecule has 23 heavy (non-hydrogen) atoms. The van der Waals surface area contributed by atoms with Crippen LogP contribution in [0.15, 0.2) is 24.3 Å². The van der Waals surface area contributed by atoms with Gasteiger partial charge in [-0.05, 0) is 19.9 Å². The molecule has 0 aliphatic carbocycles. The van der Waals surface area contributed by atoms with Gasteiger partial charge in [-0.2, -0.15) is 0 Å². The topological polar surface area (TPSA) is 56.8 Å². The summed E-state index contributed by atoms with van der Waals surface area (Å²) in [7, 11) is 1.65. The minimum Gasteiger partial charge on any atom is -0.496 e. The Bertz CT molecular complexity index is 488. The normalized spacial score (nSPS) is 12.7. The lowest BCUT2D eigenvalue weighted by atomic mass is 9.84. The molecule has 1 N–H and O–H groups in total. The van der Waals surface area contributed by atoms with Crippen LogP contribution >= 0.6 is 0 Å². The summed E-state index contributed by atoms with van der Waals surface area (Å²) in [6.07, 6.45) is -0.496. The van der Waals surface area contributed by atoms with Crippen molar-refractivity contribution in [3.63, 3.8) is 0 Å². The van der Waals surface area contributed by atoms with Crippen molar-refractivity contribution >= 4 is 5.91 Å². The molecule has 5 heteroatoms. The average Bonchev–Trinajstić information content (AvgIpc) is 2.56. The molecule has 1 aromatic carbocycles. The predicted molar refractivity (Wildman–Crippen MR) is 90.9 cm³/mol. The second kappa shape index (κ2) is 9.53. The highest BCUT2D eigenvalue weighted by Crippen LogP contribution is 2.30. The van der Waals surface area contributed by atoms with Crippen molar-refractivity contribution in [2.45, 2.75) is 39.2 Å². The molecule has 1 atom stereocenters. The number of hydrogen-bond acceptors (Lipinski definition) is 4. The third-order valence-electron chi connectivity index (χ3n) is 3.71. The van der Waals surface area contributed by atoms with Crippen LogP contribution in [-0.2, 0) is 19.7 Å². The van der Waals surface area contributed by atoms with E-state index in [1.165, 1.54) is 0 Å². The first-order valence-electron chi connectivity index (χ1n) is 8.03. The first-order valence-corrected chi connectivity index (χ1v) is 8.03. The summed E-state index contributed by atoms with van der Waals surface area (Å²) in [5.74, 6) is 0.706. The molecule has 1 rings (SSSR count). The van der Waals surface area contributed by atoms with Gasteiger partial charge in [0.15, 0.2) is 0 Å². The lowest BCUT2D eigenvalue weighted by molar-refractivity contribution is -0.132. The van der Waals surface area contributed by atoms with E-state index in [1.807, 2.05) is 31.2 Å². The van der Waals surface area contributed by atoms with Crippen molar-refractivity contribution in [3.05, 3.63) is 29.8 Å². The minimum atomic E-state index is -0.496. The predicted octanol–water partition coefficient (Wildman–Crippen LogP) is 2.53. The van der Waals surface area contributed by atoms with Crippen LogP contribution in [-0.4, -0.2) is 45.5 Å². The third-order valence-corrected chi connectivity index (χ3v) is 3.71. The van der Waals surface area contributed by atoms with Crippen LogP contribution in [0.3, 0.4) is 0 Å². The molecule has 0 bridgehead atoms. The van der Waals surface area contributed by atoms with E-state index in [0.717, 1.165) is 11.3 Å². The smallest absolute Gasteiger partial charge is 0.248 e. The van der Waals surface area contributed by atoms with Crippen LogP contribution in [0.4, 0.5) is 0 Å². The number of carbonyl (C=O) groups excluding carboxylic acids is 1. The van der Waals surface area contributed by atoms with Crippen molar-refractivity contribution in [2.75, 3.05) is 33.5 Å². The Balaban J connectivity index is 2.53. The minimum absolute atomic E-state index is 0.121. The van der Waals surface area contributed by atoms with Crippen molar-refractivity contribution in [3.8, 4) is 5.75 Å². The maximum Gasteiger partial charge on any atom is 0.248 e. The number of carbonyl (C=O) groups is 1. The highest BCUT2D eigenvalue weighted by Gasteiger charge is 2.26. The zero-order valence-corrected chi connectivity index (χ0v) is 14.8. The number of para-hydroxylation sites is 1. The number of methoxy groups -OCH3 is 1. The van der Waals surface area contributed by atoms with Crippen LogP contribution in [0.2, 0.25) is 0 Å². The number of rotatable bonds is 10. The first kappa shape index (κ1) is 19.5. The van der Waals surface area contributed by atoms with Crippen molar-refractivity contribution in [2.24, 2.45) is 0 Å². The summed E-state index contributed by atoms with van der Waals surface area (Å²) in [5.41, 5.74) is 0.820. The van der Waals surface area contributed by atoms with Crippen LogP contribution < -0.4 is 10.1 Å². The quantitative estimate of drug-likeness (QED) is 0.672. The van der Waals surface area contributed by atoms with E-state index < -0.39 is 6.10 Å². The summed E-state index contributed by atoms with van der Waals surface area (Å²) in [6.45, 7) is 9.90. The molecule has 1 aromatic rings. The van der Waals surface area contributed by atoms with Gasteiger partial charge in [0.2, 0.25) is 5.91 Å². The molecule has 0 spiro atoms. The maximum atomic E-state index is 12.1. The van der Waals surface area contributed by atoms with Gasteiger partial charge in [-0.25, -0.2) is 0 Å². The molecule has 0 aromatic heterocycles. The SMILES string of the molecule is CCOCCOC(C)C(=O)NCC(C)(C)c1ccccc1OC. The maximum absolute atomic E-state index is 12.1. The molecule has 5 nitrogen and oxygen atoms in total. The highest BCUT2D eigenvalue weighted by atomic mass is 16.5. The monoisotopic (exact) mass is 323 g/mol. The van der Waals surface area contributed by atoms with Gasteiger partial charge >= 0.3 is 0 Å². The number of nitrogens with one attached hydrogen (secondary N) is 1. The number of amides is 1. The Kier molecular flexibility index (Phi) is 8.06. The summed E-state index contributed by atoms with van der Waals surface area (Å²) >= 11 is 0. The number of hydrogen-bond donors (Lipinski definition) is 1. The van der Waals surface area contributed by atoms with Gasteiger partial charge in [0.25, 0.3) is 0 Å². The second-order valence-electron chi connectivity index (χ2n) is 6.01. The molecule has 0 fully saturated rings. The average molecular weight is 323 g/mol. The fourth-order valence-electron chi connectivity index (χ4n) is 2.25. The summed E-state index contributed by atoms with van der Waals surface area (Å²) in [5, 5.41) is 2.95. The van der Waals surface area contributed by atoms with E-state index in [0.29, 0.717) is 26.4 Å². The summed E-state index contributed by atoms with van der Waals surface area (Å²) < 4.78 is 16.1. The Labute approximate surface area is 139 Å². The van der Waals surface area contributed by atoms with Crippen LogP contribution in [0.1, 0.15) is 33.3 Å². The molecule has 0 aliphatic rings. The molecule has 0 radical (unpaired) electrons. The summed E-state index contributed by atoms with van der Waals surface area (Å²) in [4.78, 5) is 12.1. The summed E-state index contributed by atoms with van der Waals surface area (Å²) in [6, 6.07) is 7.86. The van der Waals surface area contributed by atoms with Gasteiger partial charge in [-0.15, -0.1) is 0 Å². The zero-order valence-electron chi connectivity index (χ0n) is 14.8. The van der Waals surface area contributed by atoms with Crippen molar-refractivity contribution in [1.82, 2.24) is 5.32 Å². The molecular weight excluding hydrogens is 294 g/mol. The lowest BCUT2D eigenvalue weighted by Gasteiger charge is -2.28. The van der Waals surface area contributed by atoms with Gasteiger partial charge in [-0.3, -0.25) is 4.79 Å². The zero-order chi connectivity index (χ0) is 17.3. The largest absolute Gasteiger partial charge is 0.496 e. The Morgan fingerprint density at radius 2 is 1.96 bits per heavy atom. The van der Waals surface area contributed by atoms with E-state index in [-0.39, 0.29) is 11.3 Å². The Morgan fingerprint density at radius 3 is 2.61 bits per heavy atom. The second-order valence-corrected chi connectivity index (χ2v) is 6.01. The Hall–Kier alpha value is -1.59. The molecule has 1 unspecified atom stereocenters. The van der Waals surface area contributed by atoms with Crippen LogP contribution in [0.25, 0.3) is 0 Å². The van der Waals surface area contributed by atoms with Gasteiger partial charge in [0, 0.05) is 24.1 Å². The van der Waals surface area contributed by atoms with Gasteiger partial charge in [-0.1, -0.05) is 32.0 Å². The molecule has 0 heterocycles. The van der Waals surface area contributed by atoms with E-state index in [1.54, 1.807) is 14.0 Å². The van der Waals surface area contributed by atoms with E-state index in [4.69, 9.17) is 14.2 Å². The third kappa shape index (κ3) is 6.20. The molecule has 0 aliphatic heterocycles. The van der Waals surface area contributed by atoms with E-state index in [2.05, 4.69) is 19.2 Å². The lowest BCUT2D eigenvalue weighted by Crippen LogP contribution is -2.42. The van der Waals surface area contributed by atoms with E-state index >= 15 is 0 Å².